The lowest BCUT2D eigenvalue weighted by Gasteiger charge is -2.09. The van der Waals surface area contributed by atoms with Crippen LogP contribution in [0.5, 0.6) is 0 Å². The molecule has 2 rings (SSSR count). The van der Waals surface area contributed by atoms with Gasteiger partial charge < -0.3 is 14.8 Å². The highest BCUT2D eigenvalue weighted by Gasteiger charge is 2.05. The number of hydrogen-bond donors (Lipinski definition) is 2. The van der Waals surface area contributed by atoms with E-state index in [4.69, 9.17) is 21.1 Å². The molecule has 0 radical (unpaired) electrons. The molecular formula is C13H14ClNO2. The number of aliphatic hydroxyl groups is 1. The van der Waals surface area contributed by atoms with Crippen LogP contribution in [0.4, 0.5) is 5.69 Å². The van der Waals surface area contributed by atoms with Gasteiger partial charge in [0, 0.05) is 0 Å². The summed E-state index contributed by atoms with van der Waals surface area (Å²) in [5.41, 5.74) is 2.73. The standard InChI is InChI=1S/C13H14ClNO2/c1-9-4-5-17-13(9)7-15-12-6-10(8-16)2-3-11(12)14/h2-6,15-16H,7-8H2,1H3. The third-order valence-corrected chi connectivity index (χ3v) is 2.95. The molecule has 0 atom stereocenters. The van der Waals surface area contributed by atoms with E-state index >= 15 is 0 Å². The van der Waals surface area contributed by atoms with Gasteiger partial charge in [-0.05, 0) is 36.2 Å². The molecule has 0 saturated heterocycles. The highest BCUT2D eigenvalue weighted by Crippen LogP contribution is 2.24. The summed E-state index contributed by atoms with van der Waals surface area (Å²) in [5, 5.41) is 12.9. The minimum atomic E-state index is 0.00558. The van der Waals surface area contributed by atoms with Gasteiger partial charge in [0.05, 0.1) is 30.1 Å². The van der Waals surface area contributed by atoms with Crippen molar-refractivity contribution in [2.24, 2.45) is 0 Å². The van der Waals surface area contributed by atoms with Crippen molar-refractivity contribution < 1.29 is 9.52 Å². The molecule has 0 spiro atoms. The number of nitrogens with one attached hydrogen (secondary N) is 1. The maximum Gasteiger partial charge on any atom is 0.125 e. The number of hydrogen-bond acceptors (Lipinski definition) is 3. The van der Waals surface area contributed by atoms with Gasteiger partial charge in [-0.2, -0.15) is 0 Å². The number of halogens is 1. The minimum Gasteiger partial charge on any atom is -0.467 e. The Balaban J connectivity index is 2.11. The fourth-order valence-electron chi connectivity index (χ4n) is 1.57. The lowest BCUT2D eigenvalue weighted by atomic mass is 10.2. The van der Waals surface area contributed by atoms with E-state index < -0.39 is 0 Å². The summed E-state index contributed by atoms with van der Waals surface area (Å²) in [7, 11) is 0. The van der Waals surface area contributed by atoms with Gasteiger partial charge in [0.1, 0.15) is 5.76 Å². The van der Waals surface area contributed by atoms with Crippen molar-refractivity contribution in [3.63, 3.8) is 0 Å². The van der Waals surface area contributed by atoms with Gasteiger partial charge in [0.15, 0.2) is 0 Å². The maximum absolute atomic E-state index is 9.06. The van der Waals surface area contributed by atoms with Crippen molar-refractivity contribution in [1.29, 1.82) is 0 Å². The normalized spacial score (nSPS) is 10.5. The molecule has 17 heavy (non-hydrogen) atoms. The predicted octanol–water partition coefficient (Wildman–Crippen LogP) is 3.35. The predicted molar refractivity (Wildman–Crippen MR) is 68.1 cm³/mol. The van der Waals surface area contributed by atoms with Crippen LogP contribution in [0.2, 0.25) is 5.02 Å². The summed E-state index contributed by atoms with van der Waals surface area (Å²) in [5.74, 6) is 0.885. The van der Waals surface area contributed by atoms with Crippen LogP contribution in [0.1, 0.15) is 16.9 Å². The second-order valence-electron chi connectivity index (χ2n) is 3.85. The van der Waals surface area contributed by atoms with Gasteiger partial charge in [0.2, 0.25) is 0 Å². The average Bonchev–Trinajstić information content (AvgIpc) is 2.74. The Kier molecular flexibility index (Phi) is 3.71. The Morgan fingerprint density at radius 2 is 2.18 bits per heavy atom. The number of furan rings is 1. The molecule has 90 valence electrons. The molecule has 0 aliphatic carbocycles. The van der Waals surface area contributed by atoms with Crippen LogP contribution in [0, 0.1) is 6.92 Å². The molecule has 0 unspecified atom stereocenters. The largest absolute Gasteiger partial charge is 0.467 e. The molecule has 0 saturated carbocycles. The fraction of sp³-hybridized carbons (Fsp3) is 0.231. The summed E-state index contributed by atoms with van der Waals surface area (Å²) in [6.45, 7) is 2.57. The lowest BCUT2D eigenvalue weighted by Crippen LogP contribution is -2.00. The zero-order valence-corrected chi connectivity index (χ0v) is 10.3. The first kappa shape index (κ1) is 12.0. The van der Waals surface area contributed by atoms with E-state index in [1.165, 1.54) is 0 Å². The molecule has 0 bridgehead atoms. The van der Waals surface area contributed by atoms with E-state index in [1.807, 2.05) is 19.1 Å². The van der Waals surface area contributed by atoms with E-state index in [0.29, 0.717) is 11.6 Å². The number of rotatable bonds is 4. The monoisotopic (exact) mass is 251 g/mol. The van der Waals surface area contributed by atoms with Crippen molar-refractivity contribution in [3.8, 4) is 0 Å². The van der Waals surface area contributed by atoms with Gasteiger partial charge in [-0.3, -0.25) is 0 Å². The first-order valence-corrected chi connectivity index (χ1v) is 5.74. The molecule has 0 aliphatic rings. The summed E-state index contributed by atoms with van der Waals surface area (Å²) in [6, 6.07) is 7.32. The van der Waals surface area contributed by atoms with Crippen molar-refractivity contribution in [2.75, 3.05) is 5.32 Å². The van der Waals surface area contributed by atoms with E-state index in [2.05, 4.69) is 5.32 Å². The van der Waals surface area contributed by atoms with Gasteiger partial charge in [0.25, 0.3) is 0 Å². The Labute approximate surface area is 105 Å². The minimum absolute atomic E-state index is 0.00558. The quantitative estimate of drug-likeness (QED) is 0.876. The summed E-state index contributed by atoms with van der Waals surface area (Å²) in [6.07, 6.45) is 1.66. The van der Waals surface area contributed by atoms with E-state index in [-0.39, 0.29) is 6.61 Å². The number of anilines is 1. The second-order valence-corrected chi connectivity index (χ2v) is 4.26. The van der Waals surface area contributed by atoms with Crippen molar-refractivity contribution in [2.45, 2.75) is 20.1 Å². The Morgan fingerprint density at radius 1 is 1.35 bits per heavy atom. The number of aryl methyl sites for hydroxylation is 1. The van der Waals surface area contributed by atoms with Crippen LogP contribution >= 0.6 is 11.6 Å². The highest BCUT2D eigenvalue weighted by molar-refractivity contribution is 6.33. The summed E-state index contributed by atoms with van der Waals surface area (Å²) < 4.78 is 5.33. The summed E-state index contributed by atoms with van der Waals surface area (Å²) >= 11 is 6.06. The van der Waals surface area contributed by atoms with Crippen LogP contribution in [0.25, 0.3) is 0 Å². The number of benzene rings is 1. The SMILES string of the molecule is Cc1ccoc1CNc1cc(CO)ccc1Cl. The van der Waals surface area contributed by atoms with Crippen LogP contribution < -0.4 is 5.32 Å². The Morgan fingerprint density at radius 3 is 2.82 bits per heavy atom. The van der Waals surface area contributed by atoms with Gasteiger partial charge in [-0.15, -0.1) is 0 Å². The molecule has 0 fully saturated rings. The van der Waals surface area contributed by atoms with Crippen molar-refractivity contribution >= 4 is 17.3 Å². The fourth-order valence-corrected chi connectivity index (χ4v) is 1.75. The molecular weight excluding hydrogens is 238 g/mol. The second kappa shape index (κ2) is 5.25. The van der Waals surface area contributed by atoms with Gasteiger partial charge >= 0.3 is 0 Å². The van der Waals surface area contributed by atoms with Crippen LogP contribution in [-0.2, 0) is 13.2 Å². The van der Waals surface area contributed by atoms with Crippen LogP contribution in [0.15, 0.2) is 34.9 Å². The first-order valence-electron chi connectivity index (χ1n) is 5.37. The molecule has 1 aromatic carbocycles. The summed E-state index contributed by atoms with van der Waals surface area (Å²) in [4.78, 5) is 0. The molecule has 2 N–H and O–H groups in total. The van der Waals surface area contributed by atoms with Gasteiger partial charge in [-0.1, -0.05) is 17.7 Å². The molecule has 1 heterocycles. The highest BCUT2D eigenvalue weighted by atomic mass is 35.5. The average molecular weight is 252 g/mol. The first-order chi connectivity index (χ1) is 8.20. The smallest absolute Gasteiger partial charge is 0.125 e. The van der Waals surface area contributed by atoms with E-state index in [0.717, 1.165) is 22.6 Å². The van der Waals surface area contributed by atoms with Crippen molar-refractivity contribution in [3.05, 3.63) is 52.4 Å². The topological polar surface area (TPSA) is 45.4 Å². The van der Waals surface area contributed by atoms with E-state index in [9.17, 15) is 0 Å². The van der Waals surface area contributed by atoms with Crippen LogP contribution in [-0.4, -0.2) is 5.11 Å². The molecule has 3 nitrogen and oxygen atoms in total. The molecule has 0 aliphatic heterocycles. The van der Waals surface area contributed by atoms with Crippen molar-refractivity contribution in [1.82, 2.24) is 0 Å². The molecule has 0 amide bonds. The number of aliphatic hydroxyl groups excluding tert-OH is 1. The zero-order chi connectivity index (χ0) is 12.3. The lowest BCUT2D eigenvalue weighted by molar-refractivity contribution is 0.282. The zero-order valence-electron chi connectivity index (χ0n) is 9.53. The van der Waals surface area contributed by atoms with Crippen LogP contribution in [0.3, 0.4) is 0 Å². The van der Waals surface area contributed by atoms with Gasteiger partial charge in [-0.25, -0.2) is 0 Å². The van der Waals surface area contributed by atoms with E-state index in [1.54, 1.807) is 18.4 Å². The third kappa shape index (κ3) is 2.81. The Hall–Kier alpha value is -1.45. The molecule has 1 aromatic heterocycles. The Bertz CT molecular complexity index is 508. The third-order valence-electron chi connectivity index (χ3n) is 2.62. The molecule has 2 aromatic rings. The molecule has 4 heteroatoms. The maximum atomic E-state index is 9.06.